The van der Waals surface area contributed by atoms with Gasteiger partial charge in [-0.1, -0.05) is 24.3 Å². The van der Waals surface area contributed by atoms with E-state index in [1.54, 1.807) is 47.6 Å². The molecule has 0 bridgehead atoms. The minimum atomic E-state index is -0.433. The largest absolute Gasteiger partial charge is 0.455 e. The number of aromatic nitrogens is 2. The Labute approximate surface area is 177 Å². The topological polar surface area (TPSA) is 95.6 Å². The molecule has 2 aromatic carbocycles. The number of aliphatic imine (C=N–C) groups is 1. The SMILES string of the molecule is Cc1ccc(-c2ccc(C=Nc3c(C)n(C)n(-c4ccccc4)c3=O)o2)c([N+](=O)[O-])c1. The van der Waals surface area contributed by atoms with Gasteiger partial charge in [0.05, 0.1) is 28.1 Å². The fourth-order valence-electron chi connectivity index (χ4n) is 3.40. The minimum absolute atomic E-state index is 0.0255. The summed E-state index contributed by atoms with van der Waals surface area (Å²) in [5.41, 5.74) is 2.64. The maximum Gasteiger partial charge on any atom is 0.297 e. The van der Waals surface area contributed by atoms with Crippen molar-refractivity contribution in [2.45, 2.75) is 13.8 Å². The predicted molar refractivity (Wildman–Crippen MR) is 119 cm³/mol. The molecule has 2 aromatic heterocycles. The van der Waals surface area contributed by atoms with E-state index in [0.717, 1.165) is 11.3 Å². The van der Waals surface area contributed by atoms with Crippen LogP contribution in [0.4, 0.5) is 11.4 Å². The zero-order valence-corrected chi connectivity index (χ0v) is 17.3. The van der Waals surface area contributed by atoms with Crippen molar-refractivity contribution in [2.24, 2.45) is 12.0 Å². The van der Waals surface area contributed by atoms with Crippen LogP contribution in [0.5, 0.6) is 0 Å². The zero-order valence-electron chi connectivity index (χ0n) is 17.3. The molecule has 4 rings (SSSR count). The van der Waals surface area contributed by atoms with Gasteiger partial charge in [0.1, 0.15) is 11.5 Å². The molecule has 0 saturated carbocycles. The number of benzene rings is 2. The molecule has 0 radical (unpaired) electrons. The summed E-state index contributed by atoms with van der Waals surface area (Å²) in [6.45, 7) is 3.61. The van der Waals surface area contributed by atoms with Crippen LogP contribution in [-0.4, -0.2) is 20.5 Å². The highest BCUT2D eigenvalue weighted by molar-refractivity contribution is 5.81. The van der Waals surface area contributed by atoms with Crippen molar-refractivity contribution in [1.29, 1.82) is 0 Å². The molecule has 0 spiro atoms. The molecule has 156 valence electrons. The van der Waals surface area contributed by atoms with Crippen LogP contribution in [0.25, 0.3) is 17.0 Å². The second-order valence-corrected chi connectivity index (χ2v) is 7.15. The number of para-hydroxylation sites is 1. The van der Waals surface area contributed by atoms with E-state index in [2.05, 4.69) is 4.99 Å². The van der Waals surface area contributed by atoms with Crippen molar-refractivity contribution in [3.63, 3.8) is 0 Å². The van der Waals surface area contributed by atoms with Crippen LogP contribution < -0.4 is 5.56 Å². The lowest BCUT2D eigenvalue weighted by Gasteiger charge is -2.07. The van der Waals surface area contributed by atoms with Gasteiger partial charge in [-0.3, -0.25) is 19.6 Å². The summed E-state index contributed by atoms with van der Waals surface area (Å²) in [5.74, 6) is 0.749. The molecule has 0 aliphatic rings. The zero-order chi connectivity index (χ0) is 22.1. The Hall–Kier alpha value is -4.20. The molecular formula is C23H20N4O4. The van der Waals surface area contributed by atoms with Gasteiger partial charge in [0.25, 0.3) is 11.2 Å². The summed E-state index contributed by atoms with van der Waals surface area (Å²) in [6.07, 6.45) is 1.45. The van der Waals surface area contributed by atoms with Crippen LogP contribution >= 0.6 is 0 Å². The van der Waals surface area contributed by atoms with Crippen LogP contribution in [0.15, 0.2) is 74.9 Å². The Morgan fingerprint density at radius 2 is 1.81 bits per heavy atom. The van der Waals surface area contributed by atoms with E-state index in [9.17, 15) is 14.9 Å². The smallest absolute Gasteiger partial charge is 0.297 e. The second-order valence-electron chi connectivity index (χ2n) is 7.15. The second kappa shape index (κ2) is 7.91. The number of hydrogen-bond acceptors (Lipinski definition) is 5. The number of aryl methyl sites for hydroxylation is 1. The summed E-state index contributed by atoms with van der Waals surface area (Å²) >= 11 is 0. The van der Waals surface area contributed by atoms with Crippen molar-refractivity contribution >= 4 is 17.6 Å². The quantitative estimate of drug-likeness (QED) is 0.267. The molecule has 0 N–H and O–H groups in total. The lowest BCUT2D eigenvalue weighted by molar-refractivity contribution is -0.384. The Morgan fingerprint density at radius 1 is 1.06 bits per heavy atom. The van der Waals surface area contributed by atoms with Crippen molar-refractivity contribution in [2.75, 3.05) is 0 Å². The fourth-order valence-corrected chi connectivity index (χ4v) is 3.40. The van der Waals surface area contributed by atoms with E-state index in [0.29, 0.717) is 28.5 Å². The lowest BCUT2D eigenvalue weighted by Crippen LogP contribution is -2.19. The van der Waals surface area contributed by atoms with Crippen molar-refractivity contribution in [1.82, 2.24) is 9.36 Å². The third kappa shape index (κ3) is 3.71. The predicted octanol–water partition coefficient (Wildman–Crippen LogP) is 4.71. The maximum atomic E-state index is 12.9. The van der Waals surface area contributed by atoms with E-state index in [-0.39, 0.29) is 11.2 Å². The summed E-state index contributed by atoms with van der Waals surface area (Å²) in [4.78, 5) is 28.2. The van der Waals surface area contributed by atoms with Crippen LogP contribution in [-0.2, 0) is 7.05 Å². The summed E-state index contributed by atoms with van der Waals surface area (Å²) < 4.78 is 9.04. The van der Waals surface area contributed by atoms with Crippen molar-refractivity contribution in [3.8, 4) is 17.0 Å². The van der Waals surface area contributed by atoms with Crippen molar-refractivity contribution < 1.29 is 9.34 Å². The van der Waals surface area contributed by atoms with Crippen LogP contribution in [0.3, 0.4) is 0 Å². The number of furan rings is 1. The number of nitro benzene ring substituents is 1. The summed E-state index contributed by atoms with van der Waals surface area (Å²) in [5, 5.41) is 11.4. The highest BCUT2D eigenvalue weighted by Gasteiger charge is 2.19. The molecule has 8 nitrogen and oxygen atoms in total. The van der Waals surface area contributed by atoms with Gasteiger partial charge in [-0.05, 0) is 49.7 Å². The third-order valence-electron chi connectivity index (χ3n) is 5.09. The average Bonchev–Trinajstić information content (AvgIpc) is 3.30. The van der Waals surface area contributed by atoms with E-state index in [1.165, 1.54) is 12.3 Å². The number of hydrogen-bond donors (Lipinski definition) is 0. The van der Waals surface area contributed by atoms with E-state index in [1.807, 2.05) is 37.3 Å². The third-order valence-corrected chi connectivity index (χ3v) is 5.09. The number of nitro groups is 1. The molecule has 8 heteroatoms. The minimum Gasteiger partial charge on any atom is -0.455 e. The first-order valence-corrected chi connectivity index (χ1v) is 9.60. The van der Waals surface area contributed by atoms with Crippen molar-refractivity contribution in [3.05, 3.63) is 98.1 Å². The van der Waals surface area contributed by atoms with Crippen LogP contribution in [0.1, 0.15) is 17.0 Å². The standard InChI is InChI=1S/C23H20N4O4/c1-15-9-11-19(20(13-15)27(29)30)21-12-10-18(31-21)14-24-22-16(2)25(3)26(23(22)28)17-7-5-4-6-8-17/h4-14H,1-3H3. The van der Waals surface area contributed by atoms with E-state index < -0.39 is 4.92 Å². The monoisotopic (exact) mass is 416 g/mol. The molecule has 0 atom stereocenters. The molecule has 2 heterocycles. The summed E-state index contributed by atoms with van der Waals surface area (Å²) in [7, 11) is 1.80. The summed E-state index contributed by atoms with van der Waals surface area (Å²) in [6, 6.07) is 17.6. The van der Waals surface area contributed by atoms with Gasteiger partial charge in [-0.2, -0.15) is 0 Å². The first-order valence-electron chi connectivity index (χ1n) is 9.60. The number of rotatable bonds is 5. The fraction of sp³-hybridized carbons (Fsp3) is 0.130. The van der Waals surface area contributed by atoms with Gasteiger partial charge < -0.3 is 4.42 Å². The van der Waals surface area contributed by atoms with Gasteiger partial charge in [0.2, 0.25) is 0 Å². The Kier molecular flexibility index (Phi) is 5.12. The van der Waals surface area contributed by atoms with Crippen LogP contribution in [0, 0.1) is 24.0 Å². The molecule has 4 aromatic rings. The van der Waals surface area contributed by atoms with Gasteiger partial charge >= 0.3 is 0 Å². The maximum absolute atomic E-state index is 12.9. The first kappa shape index (κ1) is 20.1. The van der Waals surface area contributed by atoms with E-state index >= 15 is 0 Å². The molecule has 0 fully saturated rings. The van der Waals surface area contributed by atoms with Crippen LogP contribution in [0.2, 0.25) is 0 Å². The highest BCUT2D eigenvalue weighted by atomic mass is 16.6. The molecule has 0 unspecified atom stereocenters. The Bertz CT molecular complexity index is 1360. The molecule has 0 amide bonds. The molecular weight excluding hydrogens is 396 g/mol. The Balaban J connectivity index is 1.69. The normalized spacial score (nSPS) is 11.3. The number of nitrogens with zero attached hydrogens (tertiary/aromatic N) is 4. The Morgan fingerprint density at radius 3 is 2.52 bits per heavy atom. The van der Waals surface area contributed by atoms with Gasteiger partial charge in [0, 0.05) is 13.1 Å². The molecule has 0 aliphatic heterocycles. The highest BCUT2D eigenvalue weighted by Crippen LogP contribution is 2.31. The average molecular weight is 416 g/mol. The van der Waals surface area contributed by atoms with Gasteiger partial charge in [0.15, 0.2) is 5.69 Å². The van der Waals surface area contributed by atoms with Gasteiger partial charge in [-0.25, -0.2) is 9.67 Å². The molecule has 31 heavy (non-hydrogen) atoms. The lowest BCUT2D eigenvalue weighted by atomic mass is 10.1. The first-order chi connectivity index (χ1) is 14.9. The van der Waals surface area contributed by atoms with Gasteiger partial charge in [-0.15, -0.1) is 0 Å². The van der Waals surface area contributed by atoms with E-state index in [4.69, 9.17) is 4.42 Å². The molecule has 0 saturated heterocycles. The molecule has 0 aliphatic carbocycles.